The normalized spacial score (nSPS) is 24.5. The van der Waals surface area contributed by atoms with Crippen LogP contribution in [0, 0.1) is 58.2 Å². The molecule has 4 heterocycles. The second-order valence-corrected chi connectivity index (χ2v) is 19.0. The van der Waals surface area contributed by atoms with Gasteiger partial charge in [0.1, 0.15) is 0 Å². The van der Waals surface area contributed by atoms with Crippen LogP contribution in [-0.2, 0) is 46.0 Å². The van der Waals surface area contributed by atoms with E-state index in [9.17, 15) is 5.11 Å². The van der Waals surface area contributed by atoms with Crippen LogP contribution < -0.4 is 0 Å². The van der Waals surface area contributed by atoms with Gasteiger partial charge < -0.3 is 51.1 Å². The second-order valence-electron chi connectivity index (χ2n) is 19.0. The molecule has 0 aromatic heterocycles. The van der Waals surface area contributed by atoms with E-state index in [1.165, 1.54) is 0 Å². The van der Waals surface area contributed by atoms with E-state index in [4.69, 9.17) is 46.0 Å². The molecule has 1 N–H and O–H groups in total. The number of aliphatic hydroxyl groups is 1. The number of hydrogen-bond donors (Lipinski definition) is 1. The third-order valence-electron chi connectivity index (χ3n) is 13.7. The molecule has 4 aliphatic heterocycles. The molecule has 0 radical (unpaired) electrons. The molecule has 0 aromatic carbocycles. The van der Waals surface area contributed by atoms with Crippen LogP contribution in [0.15, 0.2) is 0 Å². The maximum Gasteiger partial charge on any atom is 0.556 e. The van der Waals surface area contributed by atoms with Gasteiger partial charge in [-0.15, -0.1) is 0 Å². The van der Waals surface area contributed by atoms with E-state index in [0.29, 0.717) is 0 Å². The standard InChI is InChI=1S/C34H69B5O11/c1-21(2)31(40,22(3)4)29(17,18)32(23(5)6,24(7)8)41-35-45-39(46-35)49-37(50-39)44-36-47-38(48-36)42-33(25(9)10,26(11)12)30(19,20)34(43-38,27(13)14)28(15)16/h21-28,40H,1-20H3/q-2. The molecule has 4 aliphatic rings. The minimum atomic E-state index is -2.60. The summed E-state index contributed by atoms with van der Waals surface area (Å²) in [4.78, 5) is 0. The van der Waals surface area contributed by atoms with Crippen molar-refractivity contribution in [1.82, 2.24) is 0 Å². The largest absolute Gasteiger partial charge is 0.556 e. The zero-order chi connectivity index (χ0) is 38.4. The summed E-state index contributed by atoms with van der Waals surface area (Å²) in [7, 11) is -3.35. The lowest BCUT2D eigenvalue weighted by atomic mass is 9.48. The Kier molecular flexibility index (Phi) is 11.6. The van der Waals surface area contributed by atoms with Gasteiger partial charge in [0, 0.05) is 22.0 Å². The molecule has 0 amide bonds. The molecule has 288 valence electrons. The van der Waals surface area contributed by atoms with Crippen molar-refractivity contribution in [2.75, 3.05) is 0 Å². The molecule has 4 saturated heterocycles. The summed E-state index contributed by atoms with van der Waals surface area (Å²) in [5.74, 6) is 0.483. The van der Waals surface area contributed by atoms with Gasteiger partial charge in [-0.2, -0.15) is 0 Å². The molecular weight excluding hydrogens is 638 g/mol. The number of rotatable bonds is 14. The van der Waals surface area contributed by atoms with Gasteiger partial charge in [0.15, 0.2) is 0 Å². The van der Waals surface area contributed by atoms with Gasteiger partial charge in [-0.3, -0.25) is 0 Å². The summed E-state index contributed by atoms with van der Waals surface area (Å²) in [6.45, 7) is 37.7. The first kappa shape index (κ1) is 42.6. The van der Waals surface area contributed by atoms with Gasteiger partial charge in [-0.25, -0.2) is 0 Å². The van der Waals surface area contributed by atoms with E-state index in [2.05, 4.69) is 138 Å². The lowest BCUT2D eigenvalue weighted by molar-refractivity contribution is -0.317. The van der Waals surface area contributed by atoms with Crippen LogP contribution in [-0.4, -0.2) is 63.4 Å². The fourth-order valence-electron chi connectivity index (χ4n) is 12.3. The molecule has 0 aliphatic carbocycles. The molecule has 0 saturated carbocycles. The zero-order valence-electron chi connectivity index (χ0n) is 35.0. The summed E-state index contributed by atoms with van der Waals surface area (Å²) in [5, 5.41) is 12.3. The van der Waals surface area contributed by atoms with Crippen LogP contribution >= 0.6 is 0 Å². The fraction of sp³-hybridized carbons (Fsp3) is 1.00. The monoisotopic (exact) mass is 709 g/mol. The van der Waals surface area contributed by atoms with Gasteiger partial charge in [0.2, 0.25) is 0 Å². The molecule has 0 aromatic rings. The van der Waals surface area contributed by atoms with E-state index in [-0.39, 0.29) is 47.3 Å². The van der Waals surface area contributed by atoms with Crippen LogP contribution in [0.5, 0.6) is 0 Å². The van der Waals surface area contributed by atoms with Crippen LogP contribution in [0.2, 0.25) is 0 Å². The highest BCUT2D eigenvalue weighted by molar-refractivity contribution is 6.88. The fourth-order valence-corrected chi connectivity index (χ4v) is 12.3. The van der Waals surface area contributed by atoms with E-state index < -0.39 is 69.1 Å². The van der Waals surface area contributed by atoms with Gasteiger partial charge >= 0.3 is 35.9 Å². The number of hydrogen-bond acceptors (Lipinski definition) is 11. The Hall–Kier alpha value is -0.115. The SMILES string of the molecule is CC(C)C(O)(C(C)C)C(C)(C)C(OB1O[B-]2(OB(OB3O[B-]4(O3)OC(C(C)C)(C(C)C)C(C)(C)C(C(C)C)(C(C)C)O4)O2)O1)(C(C)C)C(C)C. The highest BCUT2D eigenvalue weighted by Crippen LogP contribution is 2.64. The Labute approximate surface area is 305 Å². The third-order valence-corrected chi connectivity index (χ3v) is 13.7. The smallest absolute Gasteiger partial charge is 0.541 e. The highest BCUT2D eigenvalue weighted by atomic mass is 17.1. The Morgan fingerprint density at radius 2 is 0.840 bits per heavy atom. The third kappa shape index (κ3) is 5.79. The highest BCUT2D eigenvalue weighted by Gasteiger charge is 2.73. The Bertz CT molecular complexity index is 1120. The molecular formula is C34H69B5O11-2. The topological polar surface area (TPSA) is 113 Å². The molecule has 50 heavy (non-hydrogen) atoms. The van der Waals surface area contributed by atoms with E-state index in [1.54, 1.807) is 0 Å². The van der Waals surface area contributed by atoms with E-state index in [1.807, 2.05) is 0 Å². The van der Waals surface area contributed by atoms with Crippen LogP contribution in [0.3, 0.4) is 0 Å². The lowest BCUT2D eigenvalue weighted by Crippen LogP contribution is -2.85. The molecule has 0 unspecified atom stereocenters. The van der Waals surface area contributed by atoms with Gasteiger partial charge in [0.25, 0.3) is 0 Å². The first-order chi connectivity index (χ1) is 22.6. The van der Waals surface area contributed by atoms with Crippen molar-refractivity contribution in [2.24, 2.45) is 58.2 Å². The van der Waals surface area contributed by atoms with Crippen molar-refractivity contribution < 1.29 is 51.1 Å². The summed E-state index contributed by atoms with van der Waals surface area (Å²) < 4.78 is 62.4. The summed E-state index contributed by atoms with van der Waals surface area (Å²) in [5.41, 5.74) is -4.24. The molecule has 11 nitrogen and oxygen atoms in total. The minimum absolute atomic E-state index is 0.00393. The van der Waals surface area contributed by atoms with Crippen molar-refractivity contribution in [3.63, 3.8) is 0 Å². The van der Waals surface area contributed by atoms with Crippen molar-refractivity contribution in [3.05, 3.63) is 0 Å². The first-order valence-electron chi connectivity index (χ1n) is 19.4. The maximum absolute atomic E-state index is 12.3. The van der Waals surface area contributed by atoms with E-state index >= 15 is 0 Å². The Balaban J connectivity index is 1.44. The van der Waals surface area contributed by atoms with Crippen LogP contribution in [0.1, 0.15) is 138 Å². The Morgan fingerprint density at radius 1 is 0.520 bits per heavy atom. The quantitative estimate of drug-likeness (QED) is 0.184. The average molecular weight is 708 g/mol. The lowest BCUT2D eigenvalue weighted by Gasteiger charge is -2.76. The predicted molar refractivity (Wildman–Crippen MR) is 199 cm³/mol. The van der Waals surface area contributed by atoms with Gasteiger partial charge in [0.05, 0.1) is 11.2 Å². The van der Waals surface area contributed by atoms with Gasteiger partial charge in [-0.1, -0.05) is 138 Å². The average Bonchev–Trinajstić information content (AvgIpc) is 2.90. The zero-order valence-corrected chi connectivity index (χ0v) is 35.0. The predicted octanol–water partition coefficient (Wildman–Crippen LogP) is 7.28. The molecule has 4 fully saturated rings. The summed E-state index contributed by atoms with van der Waals surface area (Å²) in [6, 6.07) is 0. The molecule has 2 spiro atoms. The van der Waals surface area contributed by atoms with Crippen LogP contribution in [0.4, 0.5) is 0 Å². The molecule has 0 bridgehead atoms. The van der Waals surface area contributed by atoms with Crippen molar-refractivity contribution in [1.29, 1.82) is 0 Å². The Morgan fingerprint density at radius 3 is 1.14 bits per heavy atom. The summed E-state index contributed by atoms with van der Waals surface area (Å²) >= 11 is 0. The van der Waals surface area contributed by atoms with Crippen LogP contribution in [0.25, 0.3) is 0 Å². The van der Waals surface area contributed by atoms with Gasteiger partial charge in [-0.05, 0) is 47.3 Å². The maximum atomic E-state index is 12.3. The summed E-state index contributed by atoms with van der Waals surface area (Å²) in [6.07, 6.45) is 0. The molecule has 4 rings (SSSR count). The second kappa shape index (κ2) is 13.6. The van der Waals surface area contributed by atoms with E-state index in [0.717, 1.165) is 0 Å². The van der Waals surface area contributed by atoms with Crippen molar-refractivity contribution >= 4 is 35.9 Å². The molecule has 16 heteroatoms. The minimum Gasteiger partial charge on any atom is -0.541 e. The molecule has 0 atom stereocenters. The van der Waals surface area contributed by atoms with Crippen molar-refractivity contribution in [3.8, 4) is 0 Å². The first-order valence-corrected chi connectivity index (χ1v) is 19.4. The van der Waals surface area contributed by atoms with Crippen molar-refractivity contribution in [2.45, 2.75) is 161 Å².